The van der Waals surface area contributed by atoms with Gasteiger partial charge in [-0.15, -0.1) is 0 Å². The highest BCUT2D eigenvalue weighted by Gasteiger charge is 2.33. The van der Waals surface area contributed by atoms with E-state index in [-0.39, 0.29) is 24.6 Å². The Morgan fingerprint density at radius 2 is 1.65 bits per heavy atom. The first-order chi connectivity index (χ1) is 23.2. The number of benzene rings is 3. The molecule has 2 aromatic heterocycles. The Hall–Kier alpha value is -5.22. The molecular formula is C38H36FN3O5S. The van der Waals surface area contributed by atoms with Gasteiger partial charge in [-0.25, -0.2) is 14.2 Å². The lowest BCUT2D eigenvalue weighted by atomic mass is 9.96. The molecule has 246 valence electrons. The summed E-state index contributed by atoms with van der Waals surface area (Å²) in [5.41, 5.74) is 5.90. The molecule has 8 nitrogen and oxygen atoms in total. The fraction of sp³-hybridized carbons (Fsp3) is 0.237. The second kappa shape index (κ2) is 13.9. The number of carbonyl (C=O) groups excluding carboxylic acids is 1. The summed E-state index contributed by atoms with van der Waals surface area (Å²) in [4.78, 5) is 32.6. The van der Waals surface area contributed by atoms with Crippen molar-refractivity contribution in [2.24, 2.45) is 4.99 Å². The molecule has 48 heavy (non-hydrogen) atoms. The van der Waals surface area contributed by atoms with Crippen molar-refractivity contribution in [2.45, 2.75) is 47.3 Å². The molecule has 1 aliphatic rings. The van der Waals surface area contributed by atoms with E-state index in [0.717, 1.165) is 33.8 Å². The molecule has 0 N–H and O–H groups in total. The summed E-state index contributed by atoms with van der Waals surface area (Å²) >= 11 is 1.29. The van der Waals surface area contributed by atoms with E-state index in [1.807, 2.05) is 87.5 Å². The minimum absolute atomic E-state index is 0.205. The number of nitrogens with zero attached hydrogens (tertiary/aromatic N) is 3. The van der Waals surface area contributed by atoms with Crippen LogP contribution in [-0.4, -0.2) is 28.3 Å². The second-order valence-electron chi connectivity index (χ2n) is 11.4. The first-order valence-electron chi connectivity index (χ1n) is 15.8. The zero-order chi connectivity index (χ0) is 33.9. The number of esters is 1. The van der Waals surface area contributed by atoms with Gasteiger partial charge < -0.3 is 18.8 Å². The van der Waals surface area contributed by atoms with Gasteiger partial charge in [-0.1, -0.05) is 35.6 Å². The number of halogens is 1. The Kier molecular flexibility index (Phi) is 9.45. The molecule has 0 radical (unpaired) electrons. The van der Waals surface area contributed by atoms with Crippen LogP contribution in [0.4, 0.5) is 4.39 Å². The largest absolute Gasteiger partial charge is 0.494 e. The van der Waals surface area contributed by atoms with Crippen LogP contribution in [-0.2, 0) is 16.1 Å². The maximum atomic E-state index is 14.1. The molecule has 3 aromatic carbocycles. The molecule has 0 bridgehead atoms. The molecule has 0 spiro atoms. The van der Waals surface area contributed by atoms with E-state index in [1.165, 1.54) is 23.5 Å². The van der Waals surface area contributed by atoms with Crippen LogP contribution in [0.15, 0.2) is 99.9 Å². The van der Waals surface area contributed by atoms with Gasteiger partial charge in [0.1, 0.15) is 23.9 Å². The van der Waals surface area contributed by atoms with Crippen LogP contribution in [0.5, 0.6) is 11.5 Å². The molecule has 1 atom stereocenters. The van der Waals surface area contributed by atoms with Gasteiger partial charge in [-0.05, 0) is 112 Å². The molecule has 0 aliphatic carbocycles. The summed E-state index contributed by atoms with van der Waals surface area (Å²) in [5.74, 6) is 0.582. The minimum Gasteiger partial charge on any atom is -0.494 e. The normalized spacial score (nSPS) is 14.5. The summed E-state index contributed by atoms with van der Waals surface area (Å²) in [6.45, 7) is 10.5. The highest BCUT2D eigenvalue weighted by molar-refractivity contribution is 7.07. The van der Waals surface area contributed by atoms with Crippen molar-refractivity contribution >= 4 is 23.4 Å². The fourth-order valence-electron chi connectivity index (χ4n) is 5.98. The Morgan fingerprint density at radius 1 is 0.938 bits per heavy atom. The van der Waals surface area contributed by atoms with E-state index >= 15 is 0 Å². The van der Waals surface area contributed by atoms with Crippen molar-refractivity contribution in [3.05, 3.63) is 144 Å². The lowest BCUT2D eigenvalue weighted by Gasteiger charge is -2.24. The SMILES string of the molecule is CCOC(=O)C1=C(C)N=c2s/c(=C\c3cc(C)n(-c4ccc(OCc5cccc(F)c5)cc4)c3C)c(=O)n2[C@H]1c1ccc(OCC)cc1. The first-order valence-corrected chi connectivity index (χ1v) is 16.6. The number of thiazole rings is 1. The average Bonchev–Trinajstić information content (AvgIpc) is 3.53. The lowest BCUT2D eigenvalue weighted by Crippen LogP contribution is -2.39. The number of hydrogen-bond acceptors (Lipinski definition) is 7. The number of allylic oxidation sites excluding steroid dienone is 1. The summed E-state index contributed by atoms with van der Waals surface area (Å²) < 4.78 is 34.7. The summed E-state index contributed by atoms with van der Waals surface area (Å²) in [6, 6.07) is 22.8. The lowest BCUT2D eigenvalue weighted by molar-refractivity contribution is -0.139. The molecule has 1 aliphatic heterocycles. The van der Waals surface area contributed by atoms with Crippen molar-refractivity contribution in [1.82, 2.24) is 9.13 Å². The van der Waals surface area contributed by atoms with E-state index in [0.29, 0.717) is 38.7 Å². The highest BCUT2D eigenvalue weighted by atomic mass is 32.1. The van der Waals surface area contributed by atoms with E-state index in [9.17, 15) is 14.0 Å². The smallest absolute Gasteiger partial charge is 0.338 e. The summed E-state index contributed by atoms with van der Waals surface area (Å²) in [5, 5.41) is 0. The molecule has 0 saturated heterocycles. The topological polar surface area (TPSA) is 84.0 Å². The number of aromatic nitrogens is 2. The molecule has 10 heteroatoms. The minimum atomic E-state index is -0.702. The molecule has 0 unspecified atom stereocenters. The van der Waals surface area contributed by atoms with E-state index in [2.05, 4.69) is 4.57 Å². The second-order valence-corrected chi connectivity index (χ2v) is 12.4. The van der Waals surface area contributed by atoms with Crippen molar-refractivity contribution in [2.75, 3.05) is 13.2 Å². The van der Waals surface area contributed by atoms with Gasteiger partial charge in [-0.3, -0.25) is 9.36 Å². The zero-order valence-corrected chi connectivity index (χ0v) is 28.3. The average molecular weight is 666 g/mol. The van der Waals surface area contributed by atoms with Crippen LogP contribution < -0.4 is 24.4 Å². The number of ether oxygens (including phenoxy) is 3. The molecule has 6 rings (SSSR count). The Bertz CT molecular complexity index is 2190. The van der Waals surface area contributed by atoms with Gasteiger partial charge in [-0.2, -0.15) is 0 Å². The van der Waals surface area contributed by atoms with Crippen LogP contribution in [0, 0.1) is 19.7 Å². The third-order valence-corrected chi connectivity index (χ3v) is 9.15. The van der Waals surface area contributed by atoms with Crippen molar-refractivity contribution < 1.29 is 23.4 Å². The standard InChI is InChI=1S/C38H36FN3O5S/c1-6-45-31-15-11-27(12-16-31)35-34(37(44)46-7-2)24(4)40-38-42(35)36(43)33(48-38)21-28-19-23(3)41(25(28)5)30-13-17-32(18-14-30)47-22-26-9-8-10-29(39)20-26/h8-21,35H,6-7,22H2,1-5H3/b33-21-/t35-/m0/s1. The monoisotopic (exact) mass is 665 g/mol. The molecule has 5 aromatic rings. The Morgan fingerprint density at radius 3 is 2.33 bits per heavy atom. The highest BCUT2D eigenvalue weighted by Crippen LogP contribution is 2.32. The van der Waals surface area contributed by atoms with Crippen LogP contribution in [0.25, 0.3) is 11.8 Å². The predicted octanol–water partition coefficient (Wildman–Crippen LogP) is 6.32. The fourth-order valence-corrected chi connectivity index (χ4v) is 7.01. The van der Waals surface area contributed by atoms with Gasteiger partial charge in [0.15, 0.2) is 4.80 Å². The maximum absolute atomic E-state index is 14.1. The van der Waals surface area contributed by atoms with Crippen LogP contribution >= 0.6 is 11.3 Å². The van der Waals surface area contributed by atoms with Gasteiger partial charge >= 0.3 is 5.97 Å². The van der Waals surface area contributed by atoms with Crippen molar-refractivity contribution in [3.8, 4) is 17.2 Å². The zero-order valence-electron chi connectivity index (χ0n) is 27.5. The number of aryl methyl sites for hydroxylation is 1. The molecular weight excluding hydrogens is 629 g/mol. The van der Waals surface area contributed by atoms with Crippen molar-refractivity contribution in [3.63, 3.8) is 0 Å². The molecule has 0 saturated carbocycles. The molecule has 3 heterocycles. The number of hydrogen-bond donors (Lipinski definition) is 0. The van der Waals surface area contributed by atoms with E-state index < -0.39 is 12.0 Å². The van der Waals surface area contributed by atoms with Gasteiger partial charge in [0, 0.05) is 17.1 Å². The summed E-state index contributed by atoms with van der Waals surface area (Å²) in [6.07, 6.45) is 1.89. The quantitative estimate of drug-likeness (QED) is 0.163. The molecule has 0 fully saturated rings. The van der Waals surface area contributed by atoms with Crippen LogP contribution in [0.3, 0.4) is 0 Å². The van der Waals surface area contributed by atoms with E-state index in [4.69, 9.17) is 19.2 Å². The van der Waals surface area contributed by atoms with Crippen molar-refractivity contribution in [1.29, 1.82) is 0 Å². The maximum Gasteiger partial charge on any atom is 0.338 e. The summed E-state index contributed by atoms with van der Waals surface area (Å²) in [7, 11) is 0. The third-order valence-electron chi connectivity index (χ3n) is 8.17. The Balaban J connectivity index is 1.35. The van der Waals surface area contributed by atoms with Crippen LogP contribution in [0.2, 0.25) is 0 Å². The van der Waals surface area contributed by atoms with Crippen LogP contribution in [0.1, 0.15) is 54.9 Å². The predicted molar refractivity (Wildman–Crippen MR) is 184 cm³/mol. The first kappa shape index (κ1) is 32.7. The van der Waals surface area contributed by atoms with Gasteiger partial charge in [0.2, 0.25) is 0 Å². The number of carbonyl (C=O) groups is 1. The number of fused-ring (bicyclic) bond motifs is 1. The van der Waals surface area contributed by atoms with Gasteiger partial charge in [0.05, 0.1) is 35.1 Å². The Labute approximate surface area is 281 Å². The number of rotatable bonds is 10. The molecule has 0 amide bonds. The van der Waals surface area contributed by atoms with Gasteiger partial charge in [0.25, 0.3) is 5.56 Å². The third kappa shape index (κ3) is 6.48. The van der Waals surface area contributed by atoms with E-state index in [1.54, 1.807) is 24.5 Å².